The summed E-state index contributed by atoms with van der Waals surface area (Å²) in [6.45, 7) is 4.47. The highest BCUT2D eigenvalue weighted by Crippen LogP contribution is 2.38. The SMILES string of the molecule is CN(C1CCC(C)(C)CC1)S(=O)(=O)c1cn(C)nc1N. The summed E-state index contributed by atoms with van der Waals surface area (Å²) >= 11 is 0. The van der Waals surface area contributed by atoms with Crippen molar-refractivity contribution in [2.24, 2.45) is 12.5 Å². The van der Waals surface area contributed by atoms with E-state index in [4.69, 9.17) is 5.73 Å². The van der Waals surface area contributed by atoms with E-state index in [2.05, 4.69) is 18.9 Å². The largest absolute Gasteiger partial charge is 0.381 e. The highest BCUT2D eigenvalue weighted by Gasteiger charge is 2.35. The number of aryl methyl sites for hydroxylation is 1. The zero-order chi connectivity index (χ0) is 15.1. The predicted octanol–water partition coefficient (Wildman–Crippen LogP) is 1.59. The third-order valence-electron chi connectivity index (χ3n) is 4.30. The van der Waals surface area contributed by atoms with Crippen LogP contribution in [0.2, 0.25) is 0 Å². The van der Waals surface area contributed by atoms with Crippen molar-refractivity contribution in [1.29, 1.82) is 0 Å². The number of nitrogens with two attached hydrogens (primary N) is 1. The summed E-state index contributed by atoms with van der Waals surface area (Å²) < 4.78 is 28.1. The molecule has 1 aliphatic carbocycles. The molecule has 1 aliphatic rings. The van der Waals surface area contributed by atoms with Gasteiger partial charge in [0.25, 0.3) is 0 Å². The van der Waals surface area contributed by atoms with Crippen LogP contribution in [0.1, 0.15) is 39.5 Å². The molecular weight excluding hydrogens is 276 g/mol. The Balaban J connectivity index is 2.20. The van der Waals surface area contributed by atoms with E-state index < -0.39 is 10.0 Å². The second-order valence-electron chi connectivity index (χ2n) is 6.47. The fourth-order valence-corrected chi connectivity index (χ4v) is 4.29. The number of nitrogens with zero attached hydrogens (tertiary/aromatic N) is 3. The number of aromatic nitrogens is 2. The normalized spacial score (nSPS) is 20.4. The van der Waals surface area contributed by atoms with Gasteiger partial charge in [0.1, 0.15) is 4.90 Å². The molecule has 114 valence electrons. The first-order valence-electron chi connectivity index (χ1n) is 6.91. The zero-order valence-corrected chi connectivity index (χ0v) is 13.4. The fraction of sp³-hybridized carbons (Fsp3) is 0.769. The molecule has 0 bridgehead atoms. The number of sulfonamides is 1. The lowest BCUT2D eigenvalue weighted by molar-refractivity contribution is 0.174. The molecule has 0 saturated heterocycles. The molecule has 7 heteroatoms. The Bertz CT molecular complexity index is 582. The van der Waals surface area contributed by atoms with Crippen LogP contribution >= 0.6 is 0 Å². The van der Waals surface area contributed by atoms with E-state index in [1.807, 2.05) is 0 Å². The van der Waals surface area contributed by atoms with Gasteiger partial charge in [-0.2, -0.15) is 9.40 Å². The molecular formula is C13H24N4O2S. The molecule has 2 N–H and O–H groups in total. The molecule has 1 fully saturated rings. The minimum atomic E-state index is -3.56. The van der Waals surface area contributed by atoms with Crippen molar-refractivity contribution < 1.29 is 8.42 Å². The van der Waals surface area contributed by atoms with Crippen molar-refractivity contribution in [3.8, 4) is 0 Å². The summed E-state index contributed by atoms with van der Waals surface area (Å²) in [7, 11) is -0.252. The van der Waals surface area contributed by atoms with E-state index >= 15 is 0 Å². The second-order valence-corrected chi connectivity index (χ2v) is 8.43. The first kappa shape index (κ1) is 15.3. The van der Waals surface area contributed by atoms with E-state index in [0.29, 0.717) is 5.41 Å². The zero-order valence-electron chi connectivity index (χ0n) is 12.6. The van der Waals surface area contributed by atoms with Gasteiger partial charge in [0.05, 0.1) is 0 Å². The molecule has 20 heavy (non-hydrogen) atoms. The Morgan fingerprint density at radius 3 is 2.40 bits per heavy atom. The maximum absolute atomic E-state index is 12.6. The first-order chi connectivity index (χ1) is 9.13. The van der Waals surface area contributed by atoms with Crippen molar-refractivity contribution in [3.05, 3.63) is 6.20 Å². The van der Waals surface area contributed by atoms with Crippen LogP contribution in [0.4, 0.5) is 5.82 Å². The Morgan fingerprint density at radius 2 is 1.95 bits per heavy atom. The highest BCUT2D eigenvalue weighted by molar-refractivity contribution is 7.89. The van der Waals surface area contributed by atoms with Crippen molar-refractivity contribution >= 4 is 15.8 Å². The molecule has 0 atom stereocenters. The topological polar surface area (TPSA) is 81.2 Å². The number of anilines is 1. The van der Waals surface area contributed by atoms with Crippen LogP contribution in [0.5, 0.6) is 0 Å². The second kappa shape index (κ2) is 5.04. The Labute approximate surface area is 121 Å². The monoisotopic (exact) mass is 300 g/mol. The van der Waals surface area contributed by atoms with Crippen LogP contribution in [0.3, 0.4) is 0 Å². The van der Waals surface area contributed by atoms with Gasteiger partial charge in [0, 0.05) is 26.3 Å². The molecule has 2 rings (SSSR count). The average Bonchev–Trinajstić information content (AvgIpc) is 2.68. The van der Waals surface area contributed by atoms with Gasteiger partial charge < -0.3 is 5.73 Å². The van der Waals surface area contributed by atoms with Gasteiger partial charge in [-0.05, 0) is 31.1 Å². The van der Waals surface area contributed by atoms with Gasteiger partial charge in [0.15, 0.2) is 5.82 Å². The standard InChI is InChI=1S/C13H24N4O2S/c1-13(2)7-5-10(6-8-13)17(4)20(18,19)11-9-16(3)15-12(11)14/h9-10H,5-8H2,1-4H3,(H2,14,15). The van der Waals surface area contributed by atoms with Gasteiger partial charge in [-0.15, -0.1) is 0 Å². The average molecular weight is 300 g/mol. The van der Waals surface area contributed by atoms with E-state index in [0.717, 1.165) is 25.7 Å². The first-order valence-corrected chi connectivity index (χ1v) is 8.35. The maximum atomic E-state index is 12.6. The molecule has 0 aromatic carbocycles. The smallest absolute Gasteiger partial charge is 0.248 e. The van der Waals surface area contributed by atoms with Crippen molar-refractivity contribution in [2.45, 2.75) is 50.5 Å². The molecule has 0 unspecified atom stereocenters. The van der Waals surface area contributed by atoms with E-state index in [-0.39, 0.29) is 16.8 Å². The number of nitrogen functional groups attached to an aromatic ring is 1. The minimum Gasteiger partial charge on any atom is -0.381 e. The third-order valence-corrected chi connectivity index (χ3v) is 6.23. The van der Waals surface area contributed by atoms with E-state index in [9.17, 15) is 8.42 Å². The molecule has 6 nitrogen and oxygen atoms in total. The fourth-order valence-electron chi connectivity index (χ4n) is 2.78. The van der Waals surface area contributed by atoms with Crippen molar-refractivity contribution in [1.82, 2.24) is 14.1 Å². The highest BCUT2D eigenvalue weighted by atomic mass is 32.2. The molecule has 1 heterocycles. The summed E-state index contributed by atoms with van der Waals surface area (Å²) in [4.78, 5) is 0.104. The molecule has 1 aromatic rings. The van der Waals surface area contributed by atoms with Crippen LogP contribution in [0.15, 0.2) is 11.1 Å². The lowest BCUT2D eigenvalue weighted by atomic mass is 9.76. The van der Waals surface area contributed by atoms with Crippen LogP contribution in [0, 0.1) is 5.41 Å². The van der Waals surface area contributed by atoms with Gasteiger partial charge in [-0.25, -0.2) is 8.42 Å². The lowest BCUT2D eigenvalue weighted by Gasteiger charge is -2.37. The molecule has 0 amide bonds. The molecule has 0 aliphatic heterocycles. The van der Waals surface area contributed by atoms with Crippen molar-refractivity contribution in [3.63, 3.8) is 0 Å². The Kier molecular flexibility index (Phi) is 3.85. The molecule has 0 spiro atoms. The summed E-state index contributed by atoms with van der Waals surface area (Å²) in [5.74, 6) is 0.0653. The van der Waals surface area contributed by atoms with Gasteiger partial charge in [0.2, 0.25) is 10.0 Å². The number of hydrogen-bond donors (Lipinski definition) is 1. The Hall–Kier alpha value is -1.08. The van der Waals surface area contributed by atoms with Gasteiger partial charge in [-0.1, -0.05) is 13.8 Å². The predicted molar refractivity (Wildman–Crippen MR) is 78.6 cm³/mol. The van der Waals surface area contributed by atoms with Crippen LogP contribution in [0.25, 0.3) is 0 Å². The third kappa shape index (κ3) is 2.83. The number of rotatable bonds is 3. The molecule has 0 radical (unpaired) electrons. The lowest BCUT2D eigenvalue weighted by Crippen LogP contribution is -2.40. The summed E-state index contributed by atoms with van der Waals surface area (Å²) in [6.07, 6.45) is 5.33. The molecule has 1 aromatic heterocycles. The minimum absolute atomic E-state index is 0.0487. The quantitative estimate of drug-likeness (QED) is 0.919. The summed E-state index contributed by atoms with van der Waals surface area (Å²) in [6, 6.07) is 0.0487. The summed E-state index contributed by atoms with van der Waals surface area (Å²) in [5.41, 5.74) is 6.01. The summed E-state index contributed by atoms with van der Waals surface area (Å²) in [5, 5.41) is 3.92. The van der Waals surface area contributed by atoms with Crippen LogP contribution in [-0.2, 0) is 17.1 Å². The van der Waals surface area contributed by atoms with Crippen molar-refractivity contribution in [2.75, 3.05) is 12.8 Å². The van der Waals surface area contributed by atoms with E-state index in [1.165, 1.54) is 15.2 Å². The number of hydrogen-bond acceptors (Lipinski definition) is 4. The maximum Gasteiger partial charge on any atom is 0.248 e. The van der Waals surface area contributed by atoms with Crippen LogP contribution < -0.4 is 5.73 Å². The Morgan fingerprint density at radius 1 is 1.40 bits per heavy atom. The van der Waals surface area contributed by atoms with Gasteiger partial charge >= 0.3 is 0 Å². The van der Waals surface area contributed by atoms with E-state index in [1.54, 1.807) is 14.1 Å². The van der Waals surface area contributed by atoms with Crippen LogP contribution in [-0.4, -0.2) is 35.6 Å². The molecule has 1 saturated carbocycles. The van der Waals surface area contributed by atoms with Gasteiger partial charge in [-0.3, -0.25) is 4.68 Å².